The first-order valence-corrected chi connectivity index (χ1v) is 12.2. The minimum absolute atomic E-state index is 0.0865. The second kappa shape index (κ2) is 9.26. The highest BCUT2D eigenvalue weighted by atomic mass is 35.5. The number of nitrogens with zero attached hydrogens (tertiary/aromatic N) is 4. The molecule has 2 atom stereocenters. The molecule has 0 radical (unpaired) electrons. The number of halogens is 1. The van der Waals surface area contributed by atoms with Crippen molar-refractivity contribution >= 4 is 28.6 Å². The lowest BCUT2D eigenvalue weighted by Crippen LogP contribution is -2.48. The van der Waals surface area contributed by atoms with Crippen LogP contribution in [0.25, 0.3) is 22.2 Å². The maximum atomic E-state index is 13.9. The molecule has 1 amide bonds. The summed E-state index contributed by atoms with van der Waals surface area (Å²) in [5, 5.41) is 4.94. The van der Waals surface area contributed by atoms with Crippen LogP contribution < -0.4 is 0 Å². The van der Waals surface area contributed by atoms with Crippen LogP contribution in [0.5, 0.6) is 0 Å². The maximum absolute atomic E-state index is 13.9. The smallest absolute Gasteiger partial charge is 0.254 e. The molecule has 5 rings (SSSR count). The van der Waals surface area contributed by atoms with Crippen molar-refractivity contribution < 1.29 is 9.21 Å². The van der Waals surface area contributed by atoms with E-state index in [2.05, 4.69) is 28.0 Å². The van der Waals surface area contributed by atoms with E-state index < -0.39 is 0 Å². The Morgan fingerprint density at radius 1 is 1.24 bits per heavy atom. The van der Waals surface area contributed by atoms with Crippen molar-refractivity contribution in [1.29, 1.82) is 0 Å². The van der Waals surface area contributed by atoms with Crippen LogP contribution in [-0.4, -0.2) is 38.2 Å². The van der Waals surface area contributed by atoms with Gasteiger partial charge >= 0.3 is 0 Å². The molecule has 1 aliphatic rings. The van der Waals surface area contributed by atoms with Crippen molar-refractivity contribution in [2.75, 3.05) is 6.54 Å². The molecule has 0 N–H and O–H groups in total. The van der Waals surface area contributed by atoms with Crippen LogP contribution in [0.4, 0.5) is 0 Å². The average Bonchev–Trinajstić information content (AvgIpc) is 3.43. The molecule has 6 nitrogen and oxygen atoms in total. The van der Waals surface area contributed by atoms with Crippen molar-refractivity contribution in [3.63, 3.8) is 0 Å². The number of aromatic nitrogens is 3. The van der Waals surface area contributed by atoms with Gasteiger partial charge in [0.05, 0.1) is 6.20 Å². The first-order chi connectivity index (χ1) is 16.4. The Hall–Kier alpha value is -3.12. The first kappa shape index (κ1) is 22.7. The summed E-state index contributed by atoms with van der Waals surface area (Å²) in [5.74, 6) is 1.18. The van der Waals surface area contributed by atoms with E-state index in [0.29, 0.717) is 28.8 Å². The molecule has 176 valence electrons. The summed E-state index contributed by atoms with van der Waals surface area (Å²) in [6.45, 7) is 5.03. The third-order valence-electron chi connectivity index (χ3n) is 6.85. The van der Waals surface area contributed by atoms with Gasteiger partial charge in [-0.3, -0.25) is 9.48 Å². The standard InChI is InChI=1S/C27H29ClN4O2/c1-17-6-8-21(19-15-29-31(3)16-19)22(13-17)27(33)32-12-4-5-18(2)24(32)10-11-26-30-23-9-7-20(28)14-25(23)34-26/h6-9,13-16,18,24H,4-5,10-12H2,1-3H3/t18-,24-/m1/s1. The molecule has 2 aromatic heterocycles. The van der Waals surface area contributed by atoms with Gasteiger partial charge in [0.25, 0.3) is 5.91 Å². The molecule has 4 aromatic rings. The minimum Gasteiger partial charge on any atom is -0.441 e. The summed E-state index contributed by atoms with van der Waals surface area (Å²) in [5.41, 5.74) is 5.21. The van der Waals surface area contributed by atoms with Crippen LogP contribution in [0.1, 0.15) is 48.0 Å². The lowest BCUT2D eigenvalue weighted by Gasteiger charge is -2.40. The van der Waals surface area contributed by atoms with Gasteiger partial charge in [-0.15, -0.1) is 0 Å². The maximum Gasteiger partial charge on any atom is 0.254 e. The van der Waals surface area contributed by atoms with E-state index >= 15 is 0 Å². The summed E-state index contributed by atoms with van der Waals surface area (Å²) in [7, 11) is 1.89. The Morgan fingerprint density at radius 2 is 2.09 bits per heavy atom. The quantitative estimate of drug-likeness (QED) is 0.351. The molecule has 0 bridgehead atoms. The molecule has 0 spiro atoms. The van der Waals surface area contributed by atoms with E-state index in [4.69, 9.17) is 16.0 Å². The van der Waals surface area contributed by atoms with Gasteiger partial charge < -0.3 is 9.32 Å². The number of piperidine rings is 1. The van der Waals surface area contributed by atoms with Crippen LogP contribution in [0.2, 0.25) is 5.02 Å². The fraction of sp³-hybridized carbons (Fsp3) is 0.370. The fourth-order valence-corrected chi connectivity index (χ4v) is 5.23. The Balaban J connectivity index is 1.41. The molecular weight excluding hydrogens is 448 g/mol. The Bertz CT molecular complexity index is 1340. The highest BCUT2D eigenvalue weighted by Crippen LogP contribution is 2.32. The SMILES string of the molecule is Cc1ccc(-c2cnn(C)c2)c(C(=O)N2CCC[C@@H](C)[C@H]2CCc2nc3ccc(Cl)cc3o2)c1. The van der Waals surface area contributed by atoms with Gasteiger partial charge in [-0.05, 0) is 55.9 Å². The van der Waals surface area contributed by atoms with Gasteiger partial charge in [0, 0.05) is 54.5 Å². The van der Waals surface area contributed by atoms with Crippen molar-refractivity contribution in [2.24, 2.45) is 13.0 Å². The van der Waals surface area contributed by atoms with Gasteiger partial charge in [0.15, 0.2) is 11.5 Å². The second-order valence-electron chi connectivity index (χ2n) is 9.40. The highest BCUT2D eigenvalue weighted by Gasteiger charge is 2.33. The fourth-order valence-electron chi connectivity index (χ4n) is 5.07. The summed E-state index contributed by atoms with van der Waals surface area (Å²) in [4.78, 5) is 20.6. The molecule has 0 aliphatic carbocycles. The molecule has 1 saturated heterocycles. The number of fused-ring (bicyclic) bond motifs is 1. The van der Waals surface area contributed by atoms with Gasteiger partial charge in [-0.1, -0.05) is 36.2 Å². The lowest BCUT2D eigenvalue weighted by atomic mass is 9.86. The third-order valence-corrected chi connectivity index (χ3v) is 7.08. The third kappa shape index (κ3) is 4.47. The lowest BCUT2D eigenvalue weighted by molar-refractivity contribution is 0.0497. The molecule has 34 heavy (non-hydrogen) atoms. The number of amides is 1. The molecule has 1 fully saturated rings. The van der Waals surface area contributed by atoms with E-state index in [1.54, 1.807) is 10.7 Å². The Morgan fingerprint density at radius 3 is 2.88 bits per heavy atom. The summed E-state index contributed by atoms with van der Waals surface area (Å²) < 4.78 is 7.71. The van der Waals surface area contributed by atoms with Gasteiger partial charge in [0.1, 0.15) is 5.52 Å². The Labute approximate surface area is 204 Å². The molecule has 0 saturated carbocycles. The molecule has 3 heterocycles. The second-order valence-corrected chi connectivity index (χ2v) is 9.83. The summed E-state index contributed by atoms with van der Waals surface area (Å²) in [6, 6.07) is 11.7. The topological polar surface area (TPSA) is 64.2 Å². The zero-order valence-electron chi connectivity index (χ0n) is 19.8. The van der Waals surface area contributed by atoms with Crippen LogP contribution in [-0.2, 0) is 13.5 Å². The molecule has 2 aromatic carbocycles. The summed E-state index contributed by atoms with van der Waals surface area (Å²) >= 11 is 6.09. The predicted octanol–water partition coefficient (Wildman–Crippen LogP) is 6.06. The number of hydrogen-bond acceptors (Lipinski definition) is 4. The number of carbonyl (C=O) groups is 1. The zero-order chi connectivity index (χ0) is 23.8. The van der Waals surface area contributed by atoms with E-state index in [1.165, 1.54) is 0 Å². The number of likely N-dealkylation sites (tertiary alicyclic amines) is 1. The van der Waals surface area contributed by atoms with Crippen LogP contribution in [0, 0.1) is 12.8 Å². The number of oxazole rings is 1. The average molecular weight is 477 g/mol. The normalized spacial score (nSPS) is 18.5. The van der Waals surface area contributed by atoms with Gasteiger partial charge in [-0.2, -0.15) is 5.10 Å². The van der Waals surface area contributed by atoms with Crippen LogP contribution >= 0.6 is 11.6 Å². The zero-order valence-corrected chi connectivity index (χ0v) is 20.5. The van der Waals surface area contributed by atoms with Crippen LogP contribution in [0.15, 0.2) is 53.2 Å². The first-order valence-electron chi connectivity index (χ1n) is 11.8. The minimum atomic E-state index is 0.0865. The molecule has 0 unspecified atom stereocenters. The number of aryl methyl sites for hydroxylation is 3. The van der Waals surface area contributed by atoms with Crippen molar-refractivity contribution in [2.45, 2.75) is 45.6 Å². The summed E-state index contributed by atoms with van der Waals surface area (Å²) in [6.07, 6.45) is 7.38. The molecule has 1 aliphatic heterocycles. The Kier molecular flexibility index (Phi) is 6.17. The predicted molar refractivity (Wildman–Crippen MR) is 134 cm³/mol. The highest BCUT2D eigenvalue weighted by molar-refractivity contribution is 6.31. The van der Waals surface area contributed by atoms with E-state index in [-0.39, 0.29) is 11.9 Å². The van der Waals surface area contributed by atoms with E-state index in [0.717, 1.165) is 53.6 Å². The van der Waals surface area contributed by atoms with Crippen molar-refractivity contribution in [1.82, 2.24) is 19.7 Å². The van der Waals surface area contributed by atoms with Crippen molar-refractivity contribution in [3.8, 4) is 11.1 Å². The molecule has 7 heteroatoms. The van der Waals surface area contributed by atoms with Gasteiger partial charge in [0.2, 0.25) is 0 Å². The monoisotopic (exact) mass is 476 g/mol. The number of hydrogen-bond donors (Lipinski definition) is 0. The van der Waals surface area contributed by atoms with Crippen molar-refractivity contribution in [3.05, 3.63) is 70.8 Å². The van der Waals surface area contributed by atoms with Gasteiger partial charge in [-0.25, -0.2) is 4.98 Å². The molecular formula is C27H29ClN4O2. The number of carbonyl (C=O) groups excluding carboxylic acids is 1. The number of benzene rings is 2. The van der Waals surface area contributed by atoms with Crippen LogP contribution in [0.3, 0.4) is 0 Å². The largest absolute Gasteiger partial charge is 0.441 e. The van der Waals surface area contributed by atoms with E-state index in [9.17, 15) is 4.79 Å². The van der Waals surface area contributed by atoms with E-state index in [1.807, 2.05) is 50.6 Å². The number of rotatable bonds is 5.